The Kier molecular flexibility index (Phi) is 4.96. The number of rotatable bonds is 3. The molecule has 2 atom stereocenters. The van der Waals surface area contributed by atoms with Gasteiger partial charge in [0, 0.05) is 37.6 Å². The van der Waals surface area contributed by atoms with Gasteiger partial charge in [-0.2, -0.15) is 0 Å². The first-order valence-electron chi connectivity index (χ1n) is 8.72. The van der Waals surface area contributed by atoms with Crippen LogP contribution >= 0.6 is 0 Å². The van der Waals surface area contributed by atoms with Crippen LogP contribution in [0.1, 0.15) is 51.0 Å². The number of aryl methyl sites for hydroxylation is 1. The lowest BCUT2D eigenvalue weighted by molar-refractivity contribution is 0.124. The third kappa shape index (κ3) is 3.42. The summed E-state index contributed by atoms with van der Waals surface area (Å²) in [4.78, 5) is 21.2. The highest BCUT2D eigenvalue weighted by Gasteiger charge is 2.36. The molecule has 22 heavy (non-hydrogen) atoms. The average Bonchev–Trinajstić information content (AvgIpc) is 2.95. The van der Waals surface area contributed by atoms with Crippen molar-refractivity contribution in [3.05, 3.63) is 30.1 Å². The summed E-state index contributed by atoms with van der Waals surface area (Å²) < 4.78 is 0. The van der Waals surface area contributed by atoms with Gasteiger partial charge in [0.15, 0.2) is 0 Å². The van der Waals surface area contributed by atoms with Crippen molar-refractivity contribution < 1.29 is 4.79 Å². The minimum atomic E-state index is 0.282. The molecule has 2 aliphatic rings. The van der Waals surface area contributed by atoms with Crippen LogP contribution in [0.5, 0.6) is 0 Å². The molecule has 0 spiro atoms. The van der Waals surface area contributed by atoms with E-state index in [1.54, 1.807) is 0 Å². The Hall–Kier alpha value is -1.58. The number of likely N-dealkylation sites (tertiary alicyclic amines) is 2. The van der Waals surface area contributed by atoms with Crippen LogP contribution in [0.15, 0.2) is 24.5 Å². The molecule has 120 valence electrons. The Morgan fingerprint density at radius 1 is 1.18 bits per heavy atom. The molecule has 2 saturated heterocycles. The van der Waals surface area contributed by atoms with E-state index in [1.807, 2.05) is 12.4 Å². The van der Waals surface area contributed by atoms with Crippen LogP contribution in [-0.2, 0) is 6.42 Å². The topological polar surface area (TPSA) is 36.4 Å². The number of urea groups is 1. The van der Waals surface area contributed by atoms with Gasteiger partial charge in [0.2, 0.25) is 0 Å². The predicted molar refractivity (Wildman–Crippen MR) is 87.7 cm³/mol. The lowest BCUT2D eigenvalue weighted by Gasteiger charge is -2.36. The minimum Gasteiger partial charge on any atom is -0.325 e. The molecule has 3 heterocycles. The number of carbonyl (C=O) groups is 1. The summed E-state index contributed by atoms with van der Waals surface area (Å²) >= 11 is 0. The number of amides is 2. The quantitative estimate of drug-likeness (QED) is 0.857. The smallest absolute Gasteiger partial charge is 0.320 e. The van der Waals surface area contributed by atoms with Crippen LogP contribution in [0.25, 0.3) is 0 Å². The zero-order chi connectivity index (χ0) is 15.4. The molecule has 2 aliphatic heterocycles. The molecule has 3 rings (SSSR count). The van der Waals surface area contributed by atoms with E-state index in [0.29, 0.717) is 12.1 Å². The second kappa shape index (κ2) is 7.12. The summed E-state index contributed by atoms with van der Waals surface area (Å²) in [7, 11) is 0. The maximum absolute atomic E-state index is 12.9. The Morgan fingerprint density at radius 3 is 2.64 bits per heavy atom. The Morgan fingerprint density at radius 2 is 1.91 bits per heavy atom. The van der Waals surface area contributed by atoms with Gasteiger partial charge in [-0.15, -0.1) is 0 Å². The summed E-state index contributed by atoms with van der Waals surface area (Å²) in [6.07, 6.45) is 11.7. The highest BCUT2D eigenvalue weighted by molar-refractivity contribution is 5.75. The third-order valence-electron chi connectivity index (χ3n) is 5.15. The molecule has 0 bridgehead atoms. The van der Waals surface area contributed by atoms with E-state index >= 15 is 0 Å². The molecule has 4 nitrogen and oxygen atoms in total. The van der Waals surface area contributed by atoms with Crippen LogP contribution in [-0.4, -0.2) is 46.0 Å². The second-order valence-electron chi connectivity index (χ2n) is 6.71. The van der Waals surface area contributed by atoms with E-state index in [2.05, 4.69) is 33.8 Å². The van der Waals surface area contributed by atoms with Gasteiger partial charge in [-0.05, 0) is 69.6 Å². The van der Waals surface area contributed by atoms with Gasteiger partial charge in [0.05, 0.1) is 0 Å². The molecule has 0 N–H and O–H groups in total. The molecule has 0 saturated carbocycles. The lowest BCUT2D eigenvalue weighted by Crippen LogP contribution is -2.49. The monoisotopic (exact) mass is 301 g/mol. The molecule has 0 unspecified atom stereocenters. The molecule has 0 radical (unpaired) electrons. The van der Waals surface area contributed by atoms with E-state index in [4.69, 9.17) is 0 Å². The summed E-state index contributed by atoms with van der Waals surface area (Å²) in [5.74, 6) is 0. The number of hydrogen-bond acceptors (Lipinski definition) is 2. The first-order valence-corrected chi connectivity index (χ1v) is 8.72. The Balaban J connectivity index is 1.61. The van der Waals surface area contributed by atoms with Gasteiger partial charge in [-0.25, -0.2) is 4.79 Å². The van der Waals surface area contributed by atoms with Gasteiger partial charge >= 0.3 is 6.03 Å². The average molecular weight is 301 g/mol. The SMILES string of the molecule is C[C@@H]1CC[C@H](CCc2ccncc2)N1C(=O)N1CCCCC1. The minimum absolute atomic E-state index is 0.282. The molecule has 1 aromatic rings. The summed E-state index contributed by atoms with van der Waals surface area (Å²) in [6, 6.07) is 5.23. The predicted octanol–water partition coefficient (Wildman–Crippen LogP) is 3.47. The lowest BCUT2D eigenvalue weighted by atomic mass is 10.0. The van der Waals surface area contributed by atoms with Crippen molar-refractivity contribution in [1.29, 1.82) is 0 Å². The third-order valence-corrected chi connectivity index (χ3v) is 5.15. The molecule has 1 aromatic heterocycles. The van der Waals surface area contributed by atoms with Crippen molar-refractivity contribution >= 4 is 6.03 Å². The highest BCUT2D eigenvalue weighted by atomic mass is 16.2. The van der Waals surface area contributed by atoms with Crippen molar-refractivity contribution in [3.8, 4) is 0 Å². The first-order chi connectivity index (χ1) is 10.8. The van der Waals surface area contributed by atoms with Gasteiger partial charge in [-0.3, -0.25) is 4.98 Å². The summed E-state index contributed by atoms with van der Waals surface area (Å²) in [5, 5.41) is 0. The fraction of sp³-hybridized carbons (Fsp3) is 0.667. The van der Waals surface area contributed by atoms with Crippen molar-refractivity contribution in [3.63, 3.8) is 0 Å². The zero-order valence-electron chi connectivity index (χ0n) is 13.6. The number of hydrogen-bond donors (Lipinski definition) is 0. The molecule has 2 amide bonds. The van der Waals surface area contributed by atoms with Crippen molar-refractivity contribution in [2.75, 3.05) is 13.1 Å². The summed E-state index contributed by atoms with van der Waals surface area (Å²) in [5.41, 5.74) is 1.32. The molecule has 4 heteroatoms. The van der Waals surface area contributed by atoms with Crippen molar-refractivity contribution in [1.82, 2.24) is 14.8 Å². The number of carbonyl (C=O) groups excluding carboxylic acids is 1. The van der Waals surface area contributed by atoms with E-state index in [9.17, 15) is 4.79 Å². The van der Waals surface area contributed by atoms with E-state index in [0.717, 1.165) is 51.6 Å². The van der Waals surface area contributed by atoms with Crippen LogP contribution in [0, 0.1) is 0 Å². The number of pyridine rings is 1. The number of nitrogens with zero attached hydrogens (tertiary/aromatic N) is 3. The summed E-state index contributed by atoms with van der Waals surface area (Å²) in [6.45, 7) is 4.09. The second-order valence-corrected chi connectivity index (χ2v) is 6.71. The Labute approximate surface area is 133 Å². The van der Waals surface area contributed by atoms with Crippen LogP contribution in [0.4, 0.5) is 4.79 Å². The molecule has 2 fully saturated rings. The fourth-order valence-electron chi connectivity index (χ4n) is 3.83. The van der Waals surface area contributed by atoms with Crippen LogP contribution in [0.2, 0.25) is 0 Å². The maximum Gasteiger partial charge on any atom is 0.320 e. The molecule has 0 aromatic carbocycles. The van der Waals surface area contributed by atoms with E-state index < -0.39 is 0 Å². The van der Waals surface area contributed by atoms with Crippen molar-refractivity contribution in [2.45, 2.75) is 64.0 Å². The fourth-order valence-corrected chi connectivity index (χ4v) is 3.83. The standard InChI is InChI=1S/C18H27N3O/c1-15-5-7-17(8-6-16-9-11-19-12-10-16)21(15)18(22)20-13-3-2-4-14-20/h9-12,15,17H,2-8,13-14H2,1H3/t15-,17-/m1/s1. The van der Waals surface area contributed by atoms with Crippen LogP contribution in [0.3, 0.4) is 0 Å². The molecule has 0 aliphatic carbocycles. The van der Waals surface area contributed by atoms with E-state index in [-0.39, 0.29) is 6.03 Å². The highest BCUT2D eigenvalue weighted by Crippen LogP contribution is 2.29. The normalized spacial score (nSPS) is 25.5. The largest absolute Gasteiger partial charge is 0.325 e. The maximum atomic E-state index is 12.9. The zero-order valence-corrected chi connectivity index (χ0v) is 13.6. The van der Waals surface area contributed by atoms with Gasteiger partial charge in [0.1, 0.15) is 0 Å². The Bertz CT molecular complexity index is 484. The van der Waals surface area contributed by atoms with E-state index in [1.165, 1.54) is 12.0 Å². The van der Waals surface area contributed by atoms with Crippen molar-refractivity contribution in [2.24, 2.45) is 0 Å². The first kappa shape index (κ1) is 15.3. The van der Waals surface area contributed by atoms with Crippen LogP contribution < -0.4 is 0 Å². The number of aromatic nitrogens is 1. The molecular weight excluding hydrogens is 274 g/mol. The van der Waals surface area contributed by atoms with Gasteiger partial charge in [-0.1, -0.05) is 0 Å². The number of piperidine rings is 1. The molecular formula is C18H27N3O. The van der Waals surface area contributed by atoms with Gasteiger partial charge in [0.25, 0.3) is 0 Å². The van der Waals surface area contributed by atoms with Gasteiger partial charge < -0.3 is 9.80 Å².